The van der Waals surface area contributed by atoms with Crippen molar-refractivity contribution in [3.8, 4) is 0 Å². The van der Waals surface area contributed by atoms with Crippen LogP contribution in [0.4, 0.5) is 5.69 Å². The molecule has 1 aromatic rings. The Morgan fingerprint density at radius 2 is 2.00 bits per heavy atom. The van der Waals surface area contributed by atoms with Gasteiger partial charge in [-0.15, -0.1) is 0 Å². The lowest BCUT2D eigenvalue weighted by molar-refractivity contribution is 0.344. The fourth-order valence-corrected chi connectivity index (χ4v) is 1.22. The summed E-state index contributed by atoms with van der Waals surface area (Å²) < 4.78 is 5.31. The minimum atomic E-state index is 0.825. The van der Waals surface area contributed by atoms with Crippen LogP contribution in [0.3, 0.4) is 0 Å². The lowest BCUT2D eigenvalue weighted by atomic mass is 10.3. The number of benzene rings is 1. The Labute approximate surface area is 71.9 Å². The van der Waals surface area contributed by atoms with Crippen LogP contribution in [0.15, 0.2) is 35.3 Å². The molecule has 0 N–H and O–H groups in total. The molecule has 2 nitrogen and oxygen atoms in total. The highest BCUT2D eigenvalue weighted by Gasteiger charge is 2.08. The molecular weight excluding hydrogens is 150 g/mol. The van der Waals surface area contributed by atoms with Gasteiger partial charge in [-0.1, -0.05) is 18.2 Å². The highest BCUT2D eigenvalue weighted by molar-refractivity contribution is 5.80. The molecule has 1 aliphatic heterocycles. The normalized spacial score (nSPS) is 19.5. The van der Waals surface area contributed by atoms with Gasteiger partial charge in [0, 0.05) is 6.42 Å². The van der Waals surface area contributed by atoms with Crippen LogP contribution in [0, 0.1) is 0 Å². The summed E-state index contributed by atoms with van der Waals surface area (Å²) in [6.45, 7) is 0.825. The van der Waals surface area contributed by atoms with Crippen LogP contribution in [0.1, 0.15) is 12.8 Å². The van der Waals surface area contributed by atoms with Gasteiger partial charge in [0.2, 0.25) is 0 Å². The monoisotopic (exact) mass is 161 g/mol. The zero-order valence-electron chi connectivity index (χ0n) is 6.86. The van der Waals surface area contributed by atoms with E-state index in [9.17, 15) is 0 Å². The van der Waals surface area contributed by atoms with Gasteiger partial charge in [-0.05, 0) is 18.6 Å². The first kappa shape index (κ1) is 7.35. The smallest absolute Gasteiger partial charge is 0.188 e. The quantitative estimate of drug-likeness (QED) is 0.620. The molecule has 1 saturated heterocycles. The van der Waals surface area contributed by atoms with E-state index < -0.39 is 0 Å². The second kappa shape index (κ2) is 3.39. The van der Waals surface area contributed by atoms with Crippen molar-refractivity contribution in [2.45, 2.75) is 12.8 Å². The molecule has 1 aromatic carbocycles. The number of ether oxygens (including phenoxy) is 1. The van der Waals surface area contributed by atoms with Crippen LogP contribution in [0.5, 0.6) is 0 Å². The Hall–Kier alpha value is -1.31. The molecule has 1 heterocycles. The van der Waals surface area contributed by atoms with Crippen molar-refractivity contribution in [3.05, 3.63) is 30.3 Å². The van der Waals surface area contributed by atoms with Gasteiger partial charge in [0.25, 0.3) is 0 Å². The zero-order valence-corrected chi connectivity index (χ0v) is 6.86. The molecule has 2 heteroatoms. The van der Waals surface area contributed by atoms with Gasteiger partial charge in [-0.2, -0.15) is 0 Å². The first-order chi connectivity index (χ1) is 5.95. The molecular formula is C10H11NO. The number of hydrogen-bond donors (Lipinski definition) is 0. The predicted octanol–water partition coefficient (Wildman–Crippen LogP) is 2.53. The minimum Gasteiger partial charge on any atom is -0.481 e. The summed E-state index contributed by atoms with van der Waals surface area (Å²) in [4.78, 5) is 4.35. The summed E-state index contributed by atoms with van der Waals surface area (Å²) >= 11 is 0. The van der Waals surface area contributed by atoms with E-state index in [0.717, 1.165) is 31.0 Å². The summed E-state index contributed by atoms with van der Waals surface area (Å²) in [6, 6.07) is 9.91. The summed E-state index contributed by atoms with van der Waals surface area (Å²) in [7, 11) is 0. The van der Waals surface area contributed by atoms with Crippen LogP contribution in [-0.2, 0) is 4.74 Å². The number of aliphatic imine (C=N–C) groups is 1. The van der Waals surface area contributed by atoms with Crippen LogP contribution in [0.25, 0.3) is 0 Å². The third-order valence-corrected chi connectivity index (χ3v) is 1.81. The Morgan fingerprint density at radius 3 is 2.67 bits per heavy atom. The second-order valence-electron chi connectivity index (χ2n) is 2.79. The van der Waals surface area contributed by atoms with E-state index in [1.54, 1.807) is 0 Å². The molecule has 0 aliphatic carbocycles. The molecule has 1 fully saturated rings. The van der Waals surface area contributed by atoms with Crippen molar-refractivity contribution >= 4 is 11.6 Å². The van der Waals surface area contributed by atoms with E-state index >= 15 is 0 Å². The summed E-state index contributed by atoms with van der Waals surface area (Å²) in [5.41, 5.74) is 0.981. The molecule has 0 atom stereocenters. The molecule has 0 radical (unpaired) electrons. The van der Waals surface area contributed by atoms with Gasteiger partial charge in [0.15, 0.2) is 5.90 Å². The van der Waals surface area contributed by atoms with Gasteiger partial charge in [0.05, 0.1) is 12.3 Å². The third-order valence-electron chi connectivity index (χ3n) is 1.81. The fourth-order valence-electron chi connectivity index (χ4n) is 1.22. The lowest BCUT2D eigenvalue weighted by Crippen LogP contribution is -1.91. The van der Waals surface area contributed by atoms with Gasteiger partial charge in [-0.25, -0.2) is 4.99 Å². The first-order valence-corrected chi connectivity index (χ1v) is 4.20. The molecule has 0 saturated carbocycles. The number of nitrogens with zero attached hydrogens (tertiary/aromatic N) is 1. The highest BCUT2D eigenvalue weighted by Crippen LogP contribution is 2.14. The van der Waals surface area contributed by atoms with Crippen LogP contribution < -0.4 is 0 Å². The SMILES string of the molecule is c1ccc(N=C2CCCO2)cc1. The Bertz CT molecular complexity index is 271. The average molecular weight is 161 g/mol. The number of hydrogen-bond acceptors (Lipinski definition) is 2. The molecule has 0 bridgehead atoms. The van der Waals surface area contributed by atoms with Crippen molar-refractivity contribution in [3.63, 3.8) is 0 Å². The van der Waals surface area contributed by atoms with E-state index in [0.29, 0.717) is 0 Å². The lowest BCUT2D eigenvalue weighted by Gasteiger charge is -1.96. The first-order valence-electron chi connectivity index (χ1n) is 4.20. The molecule has 0 amide bonds. The van der Waals surface area contributed by atoms with Crippen LogP contribution >= 0.6 is 0 Å². The largest absolute Gasteiger partial charge is 0.481 e. The van der Waals surface area contributed by atoms with Gasteiger partial charge < -0.3 is 4.74 Å². The van der Waals surface area contributed by atoms with Gasteiger partial charge in [0.1, 0.15) is 0 Å². The maximum Gasteiger partial charge on any atom is 0.188 e. The highest BCUT2D eigenvalue weighted by atomic mass is 16.5. The summed E-state index contributed by atoms with van der Waals surface area (Å²) in [6.07, 6.45) is 2.08. The average Bonchev–Trinajstić information content (AvgIpc) is 2.59. The maximum absolute atomic E-state index is 5.31. The molecule has 0 unspecified atom stereocenters. The molecule has 1 aliphatic rings. The van der Waals surface area contributed by atoms with Crippen molar-refractivity contribution in [1.29, 1.82) is 0 Å². The fraction of sp³-hybridized carbons (Fsp3) is 0.300. The van der Waals surface area contributed by atoms with Gasteiger partial charge in [-0.3, -0.25) is 0 Å². The van der Waals surface area contributed by atoms with Gasteiger partial charge >= 0.3 is 0 Å². The molecule has 0 aromatic heterocycles. The molecule has 2 rings (SSSR count). The van der Waals surface area contributed by atoms with E-state index in [4.69, 9.17) is 4.74 Å². The summed E-state index contributed by atoms with van der Waals surface area (Å²) in [5.74, 6) is 0.876. The minimum absolute atomic E-state index is 0.825. The van der Waals surface area contributed by atoms with Crippen molar-refractivity contribution in [1.82, 2.24) is 0 Å². The van der Waals surface area contributed by atoms with E-state index in [1.807, 2.05) is 30.3 Å². The molecule has 12 heavy (non-hydrogen) atoms. The summed E-state index contributed by atoms with van der Waals surface area (Å²) in [5, 5.41) is 0. The molecule has 62 valence electrons. The third kappa shape index (κ3) is 1.64. The molecule has 0 spiro atoms. The predicted molar refractivity (Wildman–Crippen MR) is 48.7 cm³/mol. The number of rotatable bonds is 1. The van der Waals surface area contributed by atoms with Crippen LogP contribution in [0.2, 0.25) is 0 Å². The van der Waals surface area contributed by atoms with E-state index in [2.05, 4.69) is 4.99 Å². The zero-order chi connectivity index (χ0) is 8.23. The Morgan fingerprint density at radius 1 is 1.17 bits per heavy atom. The Kier molecular flexibility index (Phi) is 2.08. The van der Waals surface area contributed by atoms with E-state index in [-0.39, 0.29) is 0 Å². The Balaban J connectivity index is 2.16. The maximum atomic E-state index is 5.31. The number of para-hydroxylation sites is 1. The van der Waals surface area contributed by atoms with Crippen molar-refractivity contribution in [2.75, 3.05) is 6.61 Å². The van der Waals surface area contributed by atoms with Crippen LogP contribution in [-0.4, -0.2) is 12.5 Å². The topological polar surface area (TPSA) is 21.6 Å². The van der Waals surface area contributed by atoms with E-state index in [1.165, 1.54) is 0 Å². The standard InChI is InChI=1S/C10H11NO/c1-2-5-9(6-3-1)11-10-7-4-8-12-10/h1-3,5-6H,4,7-8H2. The van der Waals surface area contributed by atoms with Crippen molar-refractivity contribution in [2.24, 2.45) is 4.99 Å². The van der Waals surface area contributed by atoms with Crippen molar-refractivity contribution < 1.29 is 4.74 Å². The second-order valence-corrected chi connectivity index (χ2v) is 2.79.